The Morgan fingerprint density at radius 1 is 0.312 bits per heavy atom. The highest BCUT2D eigenvalue weighted by Gasteiger charge is 2.19. The molecule has 372 valence electrons. The topological polar surface area (TPSA) is 78.9 Å². The van der Waals surface area contributed by atoms with E-state index in [0.29, 0.717) is 19.3 Å². The number of esters is 3. The molecule has 0 spiro atoms. The molecular formula is C58H104O6. The number of rotatable bonds is 50. The molecule has 0 aliphatic carbocycles. The molecule has 0 bridgehead atoms. The van der Waals surface area contributed by atoms with E-state index >= 15 is 0 Å². The lowest BCUT2D eigenvalue weighted by atomic mass is 10.0. The molecule has 1 atom stereocenters. The smallest absolute Gasteiger partial charge is 0.306 e. The Hall–Kier alpha value is -2.63. The number of carbonyl (C=O) groups is 3. The summed E-state index contributed by atoms with van der Waals surface area (Å²) < 4.78 is 16.8. The number of ether oxygens (including phenoxy) is 3. The molecule has 0 aliphatic rings. The van der Waals surface area contributed by atoms with E-state index in [1.165, 1.54) is 135 Å². The van der Waals surface area contributed by atoms with Crippen molar-refractivity contribution in [3.8, 4) is 0 Å². The van der Waals surface area contributed by atoms with Crippen LogP contribution in [-0.2, 0) is 28.6 Å². The Labute approximate surface area is 397 Å². The second kappa shape index (κ2) is 53.0. The van der Waals surface area contributed by atoms with Gasteiger partial charge in [0.25, 0.3) is 0 Å². The molecule has 0 aliphatic heterocycles. The highest BCUT2D eigenvalue weighted by atomic mass is 16.6. The first-order valence-corrected chi connectivity index (χ1v) is 27.6. The van der Waals surface area contributed by atoms with Gasteiger partial charge in [-0.15, -0.1) is 0 Å². The third-order valence-electron chi connectivity index (χ3n) is 12.0. The van der Waals surface area contributed by atoms with Gasteiger partial charge in [-0.25, -0.2) is 0 Å². The summed E-state index contributed by atoms with van der Waals surface area (Å²) in [5.74, 6) is -0.898. The first-order valence-electron chi connectivity index (χ1n) is 27.6. The quantitative estimate of drug-likeness (QED) is 0.0262. The van der Waals surface area contributed by atoms with Crippen LogP contribution in [0.25, 0.3) is 0 Å². The molecule has 0 fully saturated rings. The van der Waals surface area contributed by atoms with E-state index in [4.69, 9.17) is 14.2 Å². The predicted molar refractivity (Wildman–Crippen MR) is 275 cm³/mol. The van der Waals surface area contributed by atoms with Crippen LogP contribution in [0.4, 0.5) is 0 Å². The standard InChI is InChI=1S/C58H104O6/c1-4-7-10-13-16-19-22-25-27-29-31-33-36-39-42-45-48-51-57(60)63-54-55(53-62-56(59)50-47-44-41-38-35-32-24-21-18-15-12-9-6-3)64-58(61)52-49-46-43-40-37-34-30-28-26-23-20-17-14-11-8-5-2/h12,15,20-21,23-24,28,30,55H,4-11,13-14,16-19,22,25-27,29,31-54H2,1-3H3/b15-12-,23-20-,24-21-,30-28-. The molecule has 0 N–H and O–H groups in total. The van der Waals surface area contributed by atoms with Crippen molar-refractivity contribution in [2.75, 3.05) is 13.2 Å². The Morgan fingerprint density at radius 2 is 0.594 bits per heavy atom. The third kappa shape index (κ3) is 50.4. The lowest BCUT2D eigenvalue weighted by molar-refractivity contribution is -0.167. The molecule has 6 heteroatoms. The molecule has 0 amide bonds. The minimum atomic E-state index is -0.783. The van der Waals surface area contributed by atoms with E-state index in [-0.39, 0.29) is 31.1 Å². The zero-order valence-corrected chi connectivity index (χ0v) is 42.6. The highest BCUT2D eigenvalue weighted by molar-refractivity contribution is 5.71. The van der Waals surface area contributed by atoms with Crippen molar-refractivity contribution in [2.45, 2.75) is 290 Å². The van der Waals surface area contributed by atoms with Gasteiger partial charge in [0.2, 0.25) is 0 Å². The van der Waals surface area contributed by atoms with Crippen LogP contribution in [0.2, 0.25) is 0 Å². The van der Waals surface area contributed by atoms with Crippen molar-refractivity contribution in [2.24, 2.45) is 0 Å². The number of hydrogen-bond donors (Lipinski definition) is 0. The van der Waals surface area contributed by atoms with Crippen LogP contribution in [0.15, 0.2) is 48.6 Å². The van der Waals surface area contributed by atoms with E-state index in [2.05, 4.69) is 69.4 Å². The predicted octanol–water partition coefficient (Wildman–Crippen LogP) is 18.3. The average molecular weight is 897 g/mol. The Bertz CT molecular complexity index is 1120. The zero-order valence-electron chi connectivity index (χ0n) is 42.6. The van der Waals surface area contributed by atoms with Crippen LogP contribution in [0.1, 0.15) is 284 Å². The molecule has 0 saturated carbocycles. The number of allylic oxidation sites excluding steroid dienone is 8. The van der Waals surface area contributed by atoms with E-state index in [1.54, 1.807) is 0 Å². The van der Waals surface area contributed by atoms with E-state index in [9.17, 15) is 14.4 Å². The fraction of sp³-hybridized carbons (Fsp3) is 0.810. The van der Waals surface area contributed by atoms with Crippen LogP contribution in [-0.4, -0.2) is 37.2 Å². The monoisotopic (exact) mass is 897 g/mol. The summed E-state index contributed by atoms with van der Waals surface area (Å²) in [6.07, 6.45) is 63.8. The van der Waals surface area contributed by atoms with Gasteiger partial charge >= 0.3 is 17.9 Å². The van der Waals surface area contributed by atoms with Crippen LogP contribution < -0.4 is 0 Å². The summed E-state index contributed by atoms with van der Waals surface area (Å²) in [6, 6.07) is 0. The van der Waals surface area contributed by atoms with Gasteiger partial charge in [0.15, 0.2) is 6.10 Å². The molecule has 6 nitrogen and oxygen atoms in total. The molecule has 0 aromatic rings. The summed E-state index contributed by atoms with van der Waals surface area (Å²) in [7, 11) is 0. The maximum atomic E-state index is 12.8. The minimum Gasteiger partial charge on any atom is -0.462 e. The van der Waals surface area contributed by atoms with E-state index in [1.807, 2.05) is 0 Å². The van der Waals surface area contributed by atoms with Crippen molar-refractivity contribution >= 4 is 17.9 Å². The summed E-state index contributed by atoms with van der Waals surface area (Å²) in [5.41, 5.74) is 0. The maximum absolute atomic E-state index is 12.8. The van der Waals surface area contributed by atoms with Gasteiger partial charge in [-0.05, 0) is 77.0 Å². The molecule has 1 unspecified atom stereocenters. The van der Waals surface area contributed by atoms with Crippen LogP contribution >= 0.6 is 0 Å². The normalized spacial score (nSPS) is 12.4. The first-order chi connectivity index (χ1) is 31.5. The SMILES string of the molecule is CCC/C=C\C/C=C\CCCCCCCC(=O)OCC(COC(=O)CCCCCCCCCCCCCCCCCCC)OC(=O)CCCCCCC/C=C\C/C=C\CCCCCC. The molecule has 0 saturated heterocycles. The van der Waals surface area contributed by atoms with Crippen LogP contribution in [0, 0.1) is 0 Å². The Morgan fingerprint density at radius 3 is 0.938 bits per heavy atom. The average Bonchev–Trinajstić information content (AvgIpc) is 3.29. The summed E-state index contributed by atoms with van der Waals surface area (Å²) >= 11 is 0. The molecule has 0 rings (SSSR count). The second-order valence-electron chi connectivity index (χ2n) is 18.5. The highest BCUT2D eigenvalue weighted by Crippen LogP contribution is 2.16. The number of unbranched alkanes of at least 4 members (excludes halogenated alkanes) is 31. The fourth-order valence-corrected chi connectivity index (χ4v) is 7.86. The van der Waals surface area contributed by atoms with Crippen LogP contribution in [0.3, 0.4) is 0 Å². The molecule has 0 aromatic heterocycles. The third-order valence-corrected chi connectivity index (χ3v) is 12.0. The summed E-state index contributed by atoms with van der Waals surface area (Å²) in [4.78, 5) is 38.1. The molecule has 0 radical (unpaired) electrons. The fourth-order valence-electron chi connectivity index (χ4n) is 7.86. The maximum Gasteiger partial charge on any atom is 0.306 e. The second-order valence-corrected chi connectivity index (χ2v) is 18.5. The molecule has 64 heavy (non-hydrogen) atoms. The van der Waals surface area contributed by atoms with E-state index in [0.717, 1.165) is 109 Å². The van der Waals surface area contributed by atoms with Gasteiger partial charge in [-0.3, -0.25) is 14.4 Å². The lowest BCUT2D eigenvalue weighted by Gasteiger charge is -2.18. The summed E-state index contributed by atoms with van der Waals surface area (Å²) in [5, 5.41) is 0. The van der Waals surface area contributed by atoms with Gasteiger partial charge in [0.05, 0.1) is 0 Å². The largest absolute Gasteiger partial charge is 0.462 e. The van der Waals surface area contributed by atoms with Gasteiger partial charge in [-0.2, -0.15) is 0 Å². The van der Waals surface area contributed by atoms with Crippen molar-refractivity contribution in [3.63, 3.8) is 0 Å². The lowest BCUT2D eigenvalue weighted by Crippen LogP contribution is -2.30. The van der Waals surface area contributed by atoms with Gasteiger partial charge in [0, 0.05) is 19.3 Å². The molecule has 0 aromatic carbocycles. The molecular weight excluding hydrogens is 793 g/mol. The zero-order chi connectivity index (χ0) is 46.5. The van der Waals surface area contributed by atoms with Crippen molar-refractivity contribution < 1.29 is 28.6 Å². The van der Waals surface area contributed by atoms with Crippen molar-refractivity contribution in [1.82, 2.24) is 0 Å². The van der Waals surface area contributed by atoms with E-state index < -0.39 is 6.10 Å². The summed E-state index contributed by atoms with van der Waals surface area (Å²) in [6.45, 7) is 6.56. The minimum absolute atomic E-state index is 0.0808. The molecule has 0 heterocycles. The number of carbonyl (C=O) groups excluding carboxylic acids is 3. The van der Waals surface area contributed by atoms with Crippen molar-refractivity contribution in [3.05, 3.63) is 48.6 Å². The number of hydrogen-bond acceptors (Lipinski definition) is 6. The Kier molecular flexibility index (Phi) is 50.8. The van der Waals surface area contributed by atoms with Gasteiger partial charge < -0.3 is 14.2 Å². The first kappa shape index (κ1) is 61.4. The van der Waals surface area contributed by atoms with Crippen molar-refractivity contribution in [1.29, 1.82) is 0 Å². The Balaban J connectivity index is 4.38. The van der Waals surface area contributed by atoms with Crippen LogP contribution in [0.5, 0.6) is 0 Å². The van der Waals surface area contributed by atoms with Gasteiger partial charge in [0.1, 0.15) is 13.2 Å². The van der Waals surface area contributed by atoms with Gasteiger partial charge in [-0.1, -0.05) is 236 Å².